The fourth-order valence-corrected chi connectivity index (χ4v) is 2.79. The number of ether oxygens (including phenoxy) is 1. The average molecular weight is 378 g/mol. The second-order valence-corrected chi connectivity index (χ2v) is 6.47. The lowest BCUT2D eigenvalue weighted by Gasteiger charge is -2.17. The van der Waals surface area contributed by atoms with Crippen LogP contribution in [0.3, 0.4) is 0 Å². The van der Waals surface area contributed by atoms with Gasteiger partial charge in [0.25, 0.3) is 0 Å². The fourth-order valence-electron chi connectivity index (χ4n) is 2.79. The van der Waals surface area contributed by atoms with Crippen LogP contribution in [-0.2, 0) is 13.0 Å². The first-order valence-electron chi connectivity index (χ1n) is 9.36. The number of hydrogen-bond donors (Lipinski definition) is 2. The Morgan fingerprint density at radius 3 is 2.54 bits per heavy atom. The first-order chi connectivity index (χ1) is 13.6. The normalized spacial score (nSPS) is 10.8. The maximum Gasteiger partial charge on any atom is 0.232 e. The minimum absolute atomic E-state index is 0.204. The molecule has 0 spiro atoms. The van der Waals surface area contributed by atoms with Gasteiger partial charge in [-0.15, -0.1) is 0 Å². The van der Waals surface area contributed by atoms with Gasteiger partial charge in [-0.25, -0.2) is 0 Å². The number of nitrogens with one attached hydrogen (secondary N) is 1. The van der Waals surface area contributed by atoms with E-state index in [0.717, 1.165) is 24.4 Å². The molecular formula is C21H26N6O. The number of likely N-dealkylation sites (N-methyl/N-ethyl adjacent to an activating group) is 1. The second-order valence-electron chi connectivity index (χ2n) is 6.47. The van der Waals surface area contributed by atoms with Gasteiger partial charge in [-0.1, -0.05) is 43.3 Å². The summed E-state index contributed by atoms with van der Waals surface area (Å²) in [6.45, 7) is 3.98. The summed E-state index contributed by atoms with van der Waals surface area (Å²) in [4.78, 5) is 15.1. The van der Waals surface area contributed by atoms with Crippen LogP contribution in [0.2, 0.25) is 0 Å². The average Bonchev–Trinajstić information content (AvgIpc) is 2.69. The van der Waals surface area contributed by atoms with Crippen LogP contribution in [0.15, 0.2) is 54.6 Å². The van der Waals surface area contributed by atoms with Gasteiger partial charge in [0.15, 0.2) is 0 Å². The van der Waals surface area contributed by atoms with Crippen molar-refractivity contribution in [3.63, 3.8) is 0 Å². The van der Waals surface area contributed by atoms with E-state index in [2.05, 4.69) is 38.2 Å². The van der Waals surface area contributed by atoms with Crippen molar-refractivity contribution in [3.8, 4) is 5.75 Å². The van der Waals surface area contributed by atoms with E-state index >= 15 is 0 Å². The molecule has 0 aliphatic carbocycles. The number of aromatic nitrogens is 3. The zero-order chi connectivity index (χ0) is 19.8. The van der Waals surface area contributed by atoms with Crippen LogP contribution in [0.4, 0.5) is 17.6 Å². The molecule has 1 heterocycles. The Morgan fingerprint density at radius 2 is 1.75 bits per heavy atom. The molecule has 28 heavy (non-hydrogen) atoms. The van der Waals surface area contributed by atoms with E-state index < -0.39 is 0 Å². The van der Waals surface area contributed by atoms with Crippen LogP contribution in [-0.4, -0.2) is 40.1 Å². The van der Waals surface area contributed by atoms with E-state index in [-0.39, 0.29) is 5.95 Å². The number of nitrogens with two attached hydrogens (primary N) is 1. The predicted octanol–water partition coefficient (Wildman–Crippen LogP) is 3.27. The number of hydrogen-bond acceptors (Lipinski definition) is 7. The molecule has 7 nitrogen and oxygen atoms in total. The second kappa shape index (κ2) is 9.66. The molecule has 0 fully saturated rings. The van der Waals surface area contributed by atoms with E-state index in [1.165, 1.54) is 5.56 Å². The van der Waals surface area contributed by atoms with Crippen LogP contribution in [0.1, 0.15) is 18.3 Å². The molecule has 0 saturated carbocycles. The van der Waals surface area contributed by atoms with Crippen molar-refractivity contribution < 1.29 is 4.74 Å². The number of rotatable bonds is 9. The van der Waals surface area contributed by atoms with Crippen molar-refractivity contribution in [1.29, 1.82) is 0 Å². The van der Waals surface area contributed by atoms with Crippen molar-refractivity contribution in [2.75, 3.05) is 31.2 Å². The Labute approximate surface area is 165 Å². The molecule has 2 aromatic carbocycles. The molecule has 3 rings (SSSR count). The standard InChI is InChI=1S/C21H26N6O/c1-3-16-9-7-8-12-18(16)23-21-25-19(24-20(22)26-21)15-27(2)13-14-28-17-10-5-4-6-11-17/h4-12H,3,13-15H2,1-2H3,(H3,22,23,24,25,26). The SMILES string of the molecule is CCc1ccccc1Nc1nc(N)nc(CN(C)CCOc2ccccc2)n1. The fraction of sp³-hybridized carbons (Fsp3) is 0.286. The van der Waals surface area contributed by atoms with Gasteiger partial charge < -0.3 is 15.8 Å². The third kappa shape index (κ3) is 5.65. The summed E-state index contributed by atoms with van der Waals surface area (Å²) in [7, 11) is 1.99. The molecule has 0 atom stereocenters. The van der Waals surface area contributed by atoms with Crippen LogP contribution in [0.25, 0.3) is 0 Å². The Balaban J connectivity index is 1.59. The highest BCUT2D eigenvalue weighted by Crippen LogP contribution is 2.19. The molecule has 0 aliphatic rings. The summed E-state index contributed by atoms with van der Waals surface area (Å²) in [6.07, 6.45) is 0.917. The lowest BCUT2D eigenvalue weighted by atomic mass is 10.1. The molecule has 0 radical (unpaired) electrons. The van der Waals surface area contributed by atoms with Crippen molar-refractivity contribution >= 4 is 17.6 Å². The molecule has 7 heteroatoms. The van der Waals surface area contributed by atoms with Gasteiger partial charge in [-0.05, 0) is 37.2 Å². The summed E-state index contributed by atoms with van der Waals surface area (Å²) in [5.41, 5.74) is 8.06. The largest absolute Gasteiger partial charge is 0.492 e. The molecular weight excluding hydrogens is 352 g/mol. The van der Waals surface area contributed by atoms with Crippen molar-refractivity contribution in [3.05, 3.63) is 66.0 Å². The van der Waals surface area contributed by atoms with E-state index in [4.69, 9.17) is 10.5 Å². The van der Waals surface area contributed by atoms with Gasteiger partial charge in [0, 0.05) is 12.2 Å². The molecule has 1 aromatic heterocycles. The first-order valence-corrected chi connectivity index (χ1v) is 9.36. The topological polar surface area (TPSA) is 89.2 Å². The van der Waals surface area contributed by atoms with Crippen molar-refractivity contribution in [2.45, 2.75) is 19.9 Å². The van der Waals surface area contributed by atoms with E-state index in [1.807, 2.05) is 55.6 Å². The monoisotopic (exact) mass is 378 g/mol. The van der Waals surface area contributed by atoms with Gasteiger partial charge >= 0.3 is 0 Å². The van der Waals surface area contributed by atoms with Crippen LogP contribution >= 0.6 is 0 Å². The van der Waals surface area contributed by atoms with Crippen LogP contribution in [0, 0.1) is 0 Å². The Bertz CT molecular complexity index is 887. The molecule has 0 unspecified atom stereocenters. The zero-order valence-corrected chi connectivity index (χ0v) is 16.3. The molecule has 146 valence electrons. The van der Waals surface area contributed by atoms with Crippen LogP contribution in [0.5, 0.6) is 5.75 Å². The Kier molecular flexibility index (Phi) is 6.75. The summed E-state index contributed by atoms with van der Waals surface area (Å²) >= 11 is 0. The third-order valence-corrected chi connectivity index (χ3v) is 4.24. The van der Waals surface area contributed by atoms with Gasteiger partial charge in [-0.3, -0.25) is 4.90 Å². The molecule has 0 amide bonds. The number of nitrogen functional groups attached to an aromatic ring is 1. The van der Waals surface area contributed by atoms with Gasteiger partial charge in [0.2, 0.25) is 11.9 Å². The number of anilines is 3. The van der Waals surface area contributed by atoms with Crippen molar-refractivity contribution in [2.24, 2.45) is 0 Å². The maximum atomic E-state index is 5.89. The number of aryl methyl sites for hydroxylation is 1. The molecule has 3 aromatic rings. The molecule has 0 bridgehead atoms. The lowest BCUT2D eigenvalue weighted by molar-refractivity contribution is 0.230. The van der Waals surface area contributed by atoms with Gasteiger partial charge in [0.05, 0.1) is 6.54 Å². The molecule has 0 saturated heterocycles. The van der Waals surface area contributed by atoms with E-state index in [9.17, 15) is 0 Å². The minimum atomic E-state index is 0.204. The quantitative estimate of drug-likeness (QED) is 0.591. The Morgan fingerprint density at radius 1 is 1.00 bits per heavy atom. The highest BCUT2D eigenvalue weighted by molar-refractivity contribution is 5.58. The summed E-state index contributed by atoms with van der Waals surface area (Å²) in [5.74, 6) is 2.14. The third-order valence-electron chi connectivity index (χ3n) is 4.24. The Hall–Kier alpha value is -3.19. The number of para-hydroxylation sites is 2. The zero-order valence-electron chi connectivity index (χ0n) is 16.3. The lowest BCUT2D eigenvalue weighted by Crippen LogP contribution is -2.25. The molecule has 3 N–H and O–H groups in total. The van der Waals surface area contributed by atoms with E-state index in [0.29, 0.717) is 24.9 Å². The highest BCUT2D eigenvalue weighted by atomic mass is 16.5. The summed E-state index contributed by atoms with van der Waals surface area (Å²) in [6, 6.07) is 17.8. The van der Waals surface area contributed by atoms with Crippen molar-refractivity contribution in [1.82, 2.24) is 19.9 Å². The number of nitrogens with zero attached hydrogens (tertiary/aromatic N) is 4. The molecule has 0 aliphatic heterocycles. The van der Waals surface area contributed by atoms with E-state index in [1.54, 1.807) is 0 Å². The maximum absolute atomic E-state index is 5.89. The number of benzene rings is 2. The first kappa shape index (κ1) is 19.6. The predicted molar refractivity (Wildman–Crippen MR) is 112 cm³/mol. The summed E-state index contributed by atoms with van der Waals surface area (Å²) < 4.78 is 5.73. The highest BCUT2D eigenvalue weighted by Gasteiger charge is 2.09. The smallest absolute Gasteiger partial charge is 0.232 e. The van der Waals surface area contributed by atoms with Gasteiger partial charge in [-0.2, -0.15) is 15.0 Å². The minimum Gasteiger partial charge on any atom is -0.492 e. The van der Waals surface area contributed by atoms with Crippen LogP contribution < -0.4 is 15.8 Å². The summed E-state index contributed by atoms with van der Waals surface area (Å²) in [5, 5.41) is 3.26. The van der Waals surface area contributed by atoms with Gasteiger partial charge in [0.1, 0.15) is 18.2 Å².